The third kappa shape index (κ3) is 6.48. The summed E-state index contributed by atoms with van der Waals surface area (Å²) in [4.78, 5) is 7.50. The molecule has 1 aromatic heterocycles. The van der Waals surface area contributed by atoms with E-state index in [0.29, 0.717) is 0 Å². The molecule has 7 heteroatoms. The molecule has 2 heterocycles. The Morgan fingerprint density at radius 2 is 1.93 bits per heavy atom. The highest BCUT2D eigenvalue weighted by molar-refractivity contribution is 5.79. The maximum absolute atomic E-state index is 4.88. The average molecular weight is 378 g/mol. The Labute approximate surface area is 165 Å². The van der Waals surface area contributed by atoms with Gasteiger partial charge >= 0.3 is 0 Å². The Morgan fingerprint density at radius 1 is 1.22 bits per heavy atom. The van der Waals surface area contributed by atoms with E-state index < -0.39 is 0 Å². The lowest BCUT2D eigenvalue weighted by Gasteiger charge is -2.44. The number of aryl methyl sites for hydroxylation is 1. The first kappa shape index (κ1) is 21.7. The van der Waals surface area contributed by atoms with Gasteiger partial charge < -0.3 is 15.2 Å². The summed E-state index contributed by atoms with van der Waals surface area (Å²) in [6.07, 6.45) is 4.03. The fourth-order valence-electron chi connectivity index (χ4n) is 3.91. The van der Waals surface area contributed by atoms with E-state index in [9.17, 15) is 0 Å². The van der Waals surface area contributed by atoms with Gasteiger partial charge in [0.1, 0.15) is 12.2 Å². The van der Waals surface area contributed by atoms with Crippen LogP contribution in [0, 0.1) is 11.8 Å². The van der Waals surface area contributed by atoms with Crippen molar-refractivity contribution >= 4 is 5.96 Å². The number of guanidine groups is 1. The number of nitrogens with one attached hydrogen (secondary N) is 2. The maximum Gasteiger partial charge on any atom is 0.191 e. The van der Waals surface area contributed by atoms with E-state index in [1.165, 1.54) is 19.5 Å². The predicted octanol–water partition coefficient (Wildman–Crippen LogP) is 2.15. The summed E-state index contributed by atoms with van der Waals surface area (Å²) >= 11 is 0. The van der Waals surface area contributed by atoms with Crippen LogP contribution >= 0.6 is 0 Å². The van der Waals surface area contributed by atoms with Gasteiger partial charge in [-0.1, -0.05) is 20.8 Å². The maximum atomic E-state index is 4.88. The van der Waals surface area contributed by atoms with Crippen molar-refractivity contribution in [1.29, 1.82) is 0 Å². The molecule has 2 N–H and O–H groups in total. The summed E-state index contributed by atoms with van der Waals surface area (Å²) in [5, 5.41) is 14.9. The highest BCUT2D eigenvalue weighted by Gasteiger charge is 2.32. The molecule has 154 valence electrons. The quantitative estimate of drug-likeness (QED) is 0.537. The summed E-state index contributed by atoms with van der Waals surface area (Å²) in [6, 6.07) is 0. The van der Waals surface area contributed by atoms with Gasteiger partial charge in [0.15, 0.2) is 5.96 Å². The van der Waals surface area contributed by atoms with Crippen LogP contribution in [0.2, 0.25) is 0 Å². The van der Waals surface area contributed by atoms with Crippen LogP contribution in [0.5, 0.6) is 0 Å². The molecule has 27 heavy (non-hydrogen) atoms. The first-order valence-electron chi connectivity index (χ1n) is 10.5. The van der Waals surface area contributed by atoms with Crippen molar-refractivity contribution in [2.45, 2.75) is 66.5 Å². The average Bonchev–Trinajstić information content (AvgIpc) is 3.06. The molecule has 0 amide bonds. The topological polar surface area (TPSA) is 70.4 Å². The van der Waals surface area contributed by atoms with Gasteiger partial charge in [0, 0.05) is 44.7 Å². The highest BCUT2D eigenvalue weighted by Crippen LogP contribution is 2.27. The molecule has 0 spiro atoms. The molecular formula is C20H39N7. The Morgan fingerprint density at radius 3 is 2.56 bits per heavy atom. The molecule has 0 saturated carbocycles. The van der Waals surface area contributed by atoms with E-state index in [2.05, 4.69) is 71.8 Å². The second-order valence-corrected chi connectivity index (χ2v) is 8.58. The Kier molecular flexibility index (Phi) is 8.07. The van der Waals surface area contributed by atoms with Gasteiger partial charge in [-0.3, -0.25) is 9.89 Å². The SMILES string of the molecule is CCNC(=NCC(C)(C)N1CC(C)CC(C)C1)NCCn1cnnc1CC. The van der Waals surface area contributed by atoms with E-state index in [1.807, 2.05) is 0 Å². The normalized spacial score (nSPS) is 22.1. The summed E-state index contributed by atoms with van der Waals surface area (Å²) in [5.74, 6) is 3.43. The number of nitrogens with zero attached hydrogens (tertiary/aromatic N) is 5. The minimum atomic E-state index is 0.0644. The van der Waals surface area contributed by atoms with E-state index in [-0.39, 0.29) is 5.54 Å². The third-order valence-corrected chi connectivity index (χ3v) is 5.35. The van der Waals surface area contributed by atoms with Crippen molar-refractivity contribution in [3.8, 4) is 0 Å². The van der Waals surface area contributed by atoms with Crippen LogP contribution in [0.1, 0.15) is 53.8 Å². The lowest BCUT2D eigenvalue weighted by atomic mass is 9.88. The first-order valence-corrected chi connectivity index (χ1v) is 10.5. The molecule has 0 aromatic carbocycles. The zero-order valence-corrected chi connectivity index (χ0v) is 18.1. The van der Waals surface area contributed by atoms with Gasteiger partial charge in [0.2, 0.25) is 0 Å². The Balaban J connectivity index is 1.91. The molecule has 0 bridgehead atoms. The minimum absolute atomic E-state index is 0.0644. The summed E-state index contributed by atoms with van der Waals surface area (Å²) in [5.41, 5.74) is 0.0644. The lowest BCUT2D eigenvalue weighted by molar-refractivity contribution is 0.0512. The van der Waals surface area contributed by atoms with E-state index >= 15 is 0 Å². The molecule has 1 saturated heterocycles. The van der Waals surface area contributed by atoms with Crippen LogP contribution < -0.4 is 10.6 Å². The van der Waals surface area contributed by atoms with Crippen LogP contribution in [-0.4, -0.2) is 63.9 Å². The van der Waals surface area contributed by atoms with Gasteiger partial charge in [-0.25, -0.2) is 0 Å². The largest absolute Gasteiger partial charge is 0.357 e. The summed E-state index contributed by atoms with van der Waals surface area (Å²) in [6.45, 7) is 19.2. The van der Waals surface area contributed by atoms with Gasteiger partial charge in [0.05, 0.1) is 6.54 Å². The standard InChI is InChI=1S/C20H39N7/c1-7-18-25-24-15-26(18)10-9-22-19(21-8-2)23-14-20(5,6)27-12-16(3)11-17(4)13-27/h15-17H,7-14H2,1-6H3,(H2,21,22,23). The molecule has 2 unspecified atom stereocenters. The lowest BCUT2D eigenvalue weighted by Crippen LogP contribution is -2.53. The van der Waals surface area contributed by atoms with E-state index in [4.69, 9.17) is 4.99 Å². The number of aromatic nitrogens is 3. The number of piperidine rings is 1. The molecule has 7 nitrogen and oxygen atoms in total. The molecule has 0 aliphatic carbocycles. The van der Waals surface area contributed by atoms with Gasteiger partial charge in [-0.05, 0) is 39.0 Å². The zero-order valence-electron chi connectivity index (χ0n) is 18.1. The molecule has 0 radical (unpaired) electrons. The van der Waals surface area contributed by atoms with Crippen molar-refractivity contribution in [3.63, 3.8) is 0 Å². The van der Waals surface area contributed by atoms with Crippen molar-refractivity contribution in [1.82, 2.24) is 30.3 Å². The van der Waals surface area contributed by atoms with Crippen LogP contribution in [0.25, 0.3) is 0 Å². The number of rotatable bonds is 8. The van der Waals surface area contributed by atoms with Crippen LogP contribution in [0.15, 0.2) is 11.3 Å². The molecule has 2 rings (SSSR count). The molecule has 2 atom stereocenters. The second kappa shape index (κ2) is 10.1. The Hall–Kier alpha value is -1.63. The molecule has 1 aromatic rings. The van der Waals surface area contributed by atoms with Crippen molar-refractivity contribution < 1.29 is 0 Å². The Bertz CT molecular complexity index is 583. The fourth-order valence-corrected chi connectivity index (χ4v) is 3.91. The van der Waals surface area contributed by atoms with Gasteiger partial charge in [0.25, 0.3) is 0 Å². The molecular weight excluding hydrogens is 338 g/mol. The highest BCUT2D eigenvalue weighted by atomic mass is 15.3. The van der Waals surface area contributed by atoms with Crippen molar-refractivity contribution in [3.05, 3.63) is 12.2 Å². The second-order valence-electron chi connectivity index (χ2n) is 8.58. The molecule has 1 aliphatic rings. The van der Waals surface area contributed by atoms with E-state index in [0.717, 1.165) is 56.2 Å². The molecule has 1 aliphatic heterocycles. The molecule has 1 fully saturated rings. The summed E-state index contributed by atoms with van der Waals surface area (Å²) < 4.78 is 2.09. The number of aliphatic imine (C=N–C) groups is 1. The third-order valence-electron chi connectivity index (χ3n) is 5.35. The zero-order chi connectivity index (χ0) is 19.9. The fraction of sp³-hybridized carbons (Fsp3) is 0.850. The van der Waals surface area contributed by atoms with E-state index in [1.54, 1.807) is 6.33 Å². The van der Waals surface area contributed by atoms with Crippen LogP contribution in [0.3, 0.4) is 0 Å². The summed E-state index contributed by atoms with van der Waals surface area (Å²) in [7, 11) is 0. The smallest absolute Gasteiger partial charge is 0.191 e. The number of hydrogen-bond acceptors (Lipinski definition) is 4. The van der Waals surface area contributed by atoms with Crippen molar-refractivity contribution in [2.75, 3.05) is 32.7 Å². The first-order chi connectivity index (χ1) is 12.9. The predicted molar refractivity (Wildman–Crippen MR) is 112 cm³/mol. The number of hydrogen-bond donors (Lipinski definition) is 2. The van der Waals surface area contributed by atoms with Gasteiger partial charge in [-0.15, -0.1) is 10.2 Å². The minimum Gasteiger partial charge on any atom is -0.357 e. The monoisotopic (exact) mass is 377 g/mol. The van der Waals surface area contributed by atoms with Crippen LogP contribution in [0.4, 0.5) is 0 Å². The van der Waals surface area contributed by atoms with Crippen LogP contribution in [-0.2, 0) is 13.0 Å². The van der Waals surface area contributed by atoms with Crippen molar-refractivity contribution in [2.24, 2.45) is 16.8 Å². The van der Waals surface area contributed by atoms with Gasteiger partial charge in [-0.2, -0.15) is 0 Å². The number of likely N-dealkylation sites (tertiary alicyclic amines) is 1.